The number of hydrogen-bond acceptors (Lipinski definition) is 2. The highest BCUT2D eigenvalue weighted by Crippen LogP contribution is 2.17. The van der Waals surface area contributed by atoms with Gasteiger partial charge in [-0.25, -0.2) is 4.79 Å². The van der Waals surface area contributed by atoms with Crippen LogP contribution in [0.3, 0.4) is 0 Å². The van der Waals surface area contributed by atoms with Gasteiger partial charge >= 0.3 is 5.69 Å². The number of hydrogen-bond donors (Lipinski definition) is 0. The summed E-state index contributed by atoms with van der Waals surface area (Å²) in [4.78, 5) is 15.7. The lowest BCUT2D eigenvalue weighted by atomic mass is 10.2. The first-order valence-corrected chi connectivity index (χ1v) is 6.71. The fraction of sp³-hybridized carbons (Fsp3) is 0.538. The molecule has 0 unspecified atom stereocenters. The lowest BCUT2D eigenvalue weighted by Gasteiger charge is -2.11. The van der Waals surface area contributed by atoms with Crippen LogP contribution in [0.15, 0.2) is 21.9 Å². The third-order valence-corrected chi connectivity index (χ3v) is 3.97. The first-order valence-electron chi connectivity index (χ1n) is 5.92. The monoisotopic (exact) mass is 298 g/mol. The number of allylic oxidation sites excluding steroid dienone is 1. The molecule has 1 rings (SSSR count). The molecule has 0 aliphatic carbocycles. The van der Waals surface area contributed by atoms with Gasteiger partial charge in [0.25, 0.3) is 0 Å². The second kappa shape index (κ2) is 6.74. The van der Waals surface area contributed by atoms with E-state index in [2.05, 4.69) is 27.5 Å². The molecule has 0 saturated carbocycles. The standard InChI is InChI=1S/C13H19BrN2O/c1-4-5-6-7-8-9-16-11(3)12(14)10(2)15-13(16)17/h4H,1,5-9H2,2-3H3. The molecule has 0 atom stereocenters. The van der Waals surface area contributed by atoms with Crippen LogP contribution in [-0.2, 0) is 6.54 Å². The quantitative estimate of drug-likeness (QED) is 0.596. The Labute approximate surface area is 111 Å². The Morgan fingerprint density at radius 3 is 2.71 bits per heavy atom. The van der Waals surface area contributed by atoms with E-state index in [-0.39, 0.29) is 5.69 Å². The van der Waals surface area contributed by atoms with Gasteiger partial charge in [0.2, 0.25) is 0 Å². The zero-order valence-electron chi connectivity index (χ0n) is 10.5. The SMILES string of the molecule is C=CCCCCCn1c(C)c(Br)c(C)nc1=O. The highest BCUT2D eigenvalue weighted by Gasteiger charge is 2.08. The summed E-state index contributed by atoms with van der Waals surface area (Å²) in [5.41, 5.74) is 1.58. The maximum atomic E-state index is 11.7. The number of unbranched alkanes of at least 4 members (excludes halogenated alkanes) is 3. The van der Waals surface area contributed by atoms with E-state index >= 15 is 0 Å². The van der Waals surface area contributed by atoms with Crippen molar-refractivity contribution >= 4 is 15.9 Å². The molecule has 0 saturated heterocycles. The molecule has 1 aromatic heterocycles. The van der Waals surface area contributed by atoms with Crippen molar-refractivity contribution in [2.24, 2.45) is 0 Å². The van der Waals surface area contributed by atoms with E-state index in [1.54, 1.807) is 4.57 Å². The van der Waals surface area contributed by atoms with Crippen molar-refractivity contribution in [2.75, 3.05) is 0 Å². The van der Waals surface area contributed by atoms with Crippen molar-refractivity contribution in [1.29, 1.82) is 0 Å². The van der Waals surface area contributed by atoms with E-state index < -0.39 is 0 Å². The molecule has 0 N–H and O–H groups in total. The van der Waals surface area contributed by atoms with Gasteiger partial charge in [-0.3, -0.25) is 4.57 Å². The van der Waals surface area contributed by atoms with Crippen LogP contribution in [-0.4, -0.2) is 9.55 Å². The molecule has 94 valence electrons. The van der Waals surface area contributed by atoms with Gasteiger partial charge < -0.3 is 0 Å². The van der Waals surface area contributed by atoms with Crippen LogP contribution in [0, 0.1) is 13.8 Å². The predicted octanol–water partition coefficient (Wildman–Crippen LogP) is 3.37. The average Bonchev–Trinajstić information content (AvgIpc) is 2.30. The van der Waals surface area contributed by atoms with Crippen molar-refractivity contribution in [3.8, 4) is 0 Å². The fourth-order valence-corrected chi connectivity index (χ4v) is 2.08. The van der Waals surface area contributed by atoms with Crippen LogP contribution < -0.4 is 5.69 Å². The van der Waals surface area contributed by atoms with Gasteiger partial charge in [0.15, 0.2) is 0 Å². The van der Waals surface area contributed by atoms with Crippen molar-refractivity contribution in [3.63, 3.8) is 0 Å². The van der Waals surface area contributed by atoms with Gasteiger partial charge in [-0.05, 0) is 49.0 Å². The number of halogens is 1. The van der Waals surface area contributed by atoms with Gasteiger partial charge in [0.05, 0.1) is 10.2 Å². The molecule has 1 aromatic rings. The minimum absolute atomic E-state index is 0.146. The number of aromatic nitrogens is 2. The molecule has 0 aliphatic heterocycles. The third-order valence-electron chi connectivity index (χ3n) is 2.82. The minimum Gasteiger partial charge on any atom is -0.295 e. The molecular weight excluding hydrogens is 280 g/mol. The average molecular weight is 299 g/mol. The van der Waals surface area contributed by atoms with Crippen LogP contribution in [0.1, 0.15) is 37.1 Å². The molecule has 0 fully saturated rings. The maximum Gasteiger partial charge on any atom is 0.348 e. The zero-order chi connectivity index (χ0) is 12.8. The normalized spacial score (nSPS) is 10.5. The summed E-state index contributed by atoms with van der Waals surface area (Å²) >= 11 is 3.46. The topological polar surface area (TPSA) is 34.9 Å². The first-order chi connectivity index (χ1) is 8.07. The van der Waals surface area contributed by atoms with Crippen molar-refractivity contribution in [3.05, 3.63) is 39.0 Å². The molecule has 3 nitrogen and oxygen atoms in total. The van der Waals surface area contributed by atoms with Crippen LogP contribution >= 0.6 is 15.9 Å². The fourth-order valence-electron chi connectivity index (χ4n) is 1.78. The van der Waals surface area contributed by atoms with Crippen LogP contribution in [0.25, 0.3) is 0 Å². The Morgan fingerprint density at radius 1 is 1.35 bits per heavy atom. The highest BCUT2D eigenvalue weighted by molar-refractivity contribution is 9.10. The predicted molar refractivity (Wildman–Crippen MR) is 74.3 cm³/mol. The second-order valence-corrected chi connectivity index (χ2v) is 4.96. The van der Waals surface area contributed by atoms with Crippen molar-refractivity contribution in [2.45, 2.75) is 46.1 Å². The molecule has 0 spiro atoms. The van der Waals surface area contributed by atoms with E-state index in [0.717, 1.165) is 48.1 Å². The van der Waals surface area contributed by atoms with Gasteiger partial charge in [-0.1, -0.05) is 12.5 Å². The Balaban J connectivity index is 2.68. The molecule has 0 bridgehead atoms. The summed E-state index contributed by atoms with van der Waals surface area (Å²) in [5.74, 6) is 0. The number of rotatable bonds is 6. The van der Waals surface area contributed by atoms with Gasteiger partial charge in [-0.2, -0.15) is 4.98 Å². The molecular formula is C13H19BrN2O. The Bertz CT molecular complexity index is 451. The summed E-state index contributed by atoms with van der Waals surface area (Å²) in [6, 6.07) is 0. The largest absolute Gasteiger partial charge is 0.348 e. The van der Waals surface area contributed by atoms with Crippen LogP contribution in [0.4, 0.5) is 0 Å². The van der Waals surface area contributed by atoms with Gasteiger partial charge in [0, 0.05) is 12.2 Å². The first kappa shape index (κ1) is 14.2. The molecule has 0 aromatic carbocycles. The van der Waals surface area contributed by atoms with Crippen molar-refractivity contribution in [1.82, 2.24) is 9.55 Å². The smallest absolute Gasteiger partial charge is 0.295 e. The number of aryl methyl sites for hydroxylation is 1. The van der Waals surface area contributed by atoms with Crippen LogP contribution in [0.5, 0.6) is 0 Å². The van der Waals surface area contributed by atoms with Gasteiger partial charge in [0.1, 0.15) is 0 Å². The molecule has 17 heavy (non-hydrogen) atoms. The maximum absolute atomic E-state index is 11.7. The Morgan fingerprint density at radius 2 is 2.06 bits per heavy atom. The second-order valence-electron chi connectivity index (χ2n) is 4.17. The molecule has 1 heterocycles. The molecule has 0 aliphatic rings. The molecule has 4 heteroatoms. The minimum atomic E-state index is -0.146. The Hall–Kier alpha value is -0.900. The lowest BCUT2D eigenvalue weighted by molar-refractivity contribution is 0.553. The summed E-state index contributed by atoms with van der Waals surface area (Å²) in [6.07, 6.45) is 6.23. The Kier molecular flexibility index (Phi) is 5.62. The van der Waals surface area contributed by atoms with E-state index in [1.807, 2.05) is 19.9 Å². The van der Waals surface area contributed by atoms with E-state index in [4.69, 9.17) is 0 Å². The molecule has 0 amide bonds. The summed E-state index contributed by atoms with van der Waals surface area (Å²) in [6.45, 7) is 8.23. The van der Waals surface area contributed by atoms with Crippen LogP contribution in [0.2, 0.25) is 0 Å². The lowest BCUT2D eigenvalue weighted by Crippen LogP contribution is -2.26. The van der Waals surface area contributed by atoms with E-state index in [1.165, 1.54) is 0 Å². The summed E-state index contributed by atoms with van der Waals surface area (Å²) < 4.78 is 2.67. The van der Waals surface area contributed by atoms with Crippen molar-refractivity contribution < 1.29 is 0 Å². The zero-order valence-corrected chi connectivity index (χ0v) is 12.1. The van der Waals surface area contributed by atoms with E-state index in [0.29, 0.717) is 0 Å². The number of nitrogens with zero attached hydrogens (tertiary/aromatic N) is 2. The summed E-state index contributed by atoms with van der Waals surface area (Å²) in [5, 5.41) is 0. The highest BCUT2D eigenvalue weighted by atomic mass is 79.9. The van der Waals surface area contributed by atoms with E-state index in [9.17, 15) is 4.79 Å². The van der Waals surface area contributed by atoms with Gasteiger partial charge in [-0.15, -0.1) is 6.58 Å². The summed E-state index contributed by atoms with van der Waals surface area (Å²) in [7, 11) is 0. The third kappa shape index (κ3) is 3.80. The molecule has 0 radical (unpaired) electrons.